The molecule has 0 saturated heterocycles. The van der Waals surface area contributed by atoms with Crippen molar-refractivity contribution >= 4 is 0 Å². The first kappa shape index (κ1) is 56.5. The highest BCUT2D eigenvalue weighted by molar-refractivity contribution is 5.32. The summed E-state index contributed by atoms with van der Waals surface area (Å²) in [6.45, 7) is 41.3. The van der Waals surface area contributed by atoms with Crippen LogP contribution < -0.4 is 0 Å². The molecule has 3 aliphatic rings. The van der Waals surface area contributed by atoms with Crippen LogP contribution in [0.3, 0.4) is 0 Å². The second kappa shape index (κ2) is 25.0. The van der Waals surface area contributed by atoms with Crippen LogP contribution in [0.15, 0.2) is 24.3 Å². The van der Waals surface area contributed by atoms with Crippen molar-refractivity contribution in [1.82, 2.24) is 0 Å². The zero-order valence-electron chi connectivity index (χ0n) is 37.4. The first-order valence-corrected chi connectivity index (χ1v) is 20.1. The highest BCUT2D eigenvalue weighted by atomic mass is 19.4. The monoisotopic (exact) mass is 743 g/mol. The Kier molecular flexibility index (Phi) is 27.7. The van der Waals surface area contributed by atoms with E-state index in [0.29, 0.717) is 5.41 Å². The largest absolute Gasteiger partial charge is 0.402 e. The zero-order valence-corrected chi connectivity index (χ0v) is 37.4. The van der Waals surface area contributed by atoms with Crippen LogP contribution in [0, 0.1) is 40.4 Å². The van der Waals surface area contributed by atoms with E-state index in [1.54, 1.807) is 38.5 Å². The molecule has 0 N–H and O–H groups in total. The van der Waals surface area contributed by atoms with E-state index in [1.807, 2.05) is 27.7 Å². The van der Waals surface area contributed by atoms with Gasteiger partial charge in [0.2, 0.25) is 0 Å². The maximum atomic E-state index is 11.6. The van der Waals surface area contributed by atoms with Gasteiger partial charge >= 0.3 is 12.4 Å². The van der Waals surface area contributed by atoms with E-state index >= 15 is 0 Å². The number of hydrogen-bond acceptors (Lipinski definition) is 0. The number of fused-ring (bicyclic) bond motifs is 5. The van der Waals surface area contributed by atoms with Crippen LogP contribution in [-0.2, 0) is 10.8 Å². The predicted molar refractivity (Wildman–Crippen MR) is 218 cm³/mol. The Morgan fingerprint density at radius 3 is 1.04 bits per heavy atom. The highest BCUT2D eigenvalue weighted by Gasteiger charge is 2.64. The molecule has 2 bridgehead atoms. The van der Waals surface area contributed by atoms with Gasteiger partial charge in [0, 0.05) is 1.43 Å². The zero-order chi connectivity index (χ0) is 41.8. The fourth-order valence-electron chi connectivity index (χ4n) is 5.63. The molecule has 0 nitrogen and oxygen atoms in total. The van der Waals surface area contributed by atoms with Crippen LogP contribution in [0.25, 0.3) is 0 Å². The summed E-state index contributed by atoms with van der Waals surface area (Å²) in [5.41, 5.74) is 0.220. The molecule has 310 valence electrons. The number of rotatable bonds is 0. The van der Waals surface area contributed by atoms with Gasteiger partial charge in [0.1, 0.15) is 0 Å². The molecule has 51 heavy (non-hydrogen) atoms. The molecule has 3 saturated carbocycles. The lowest BCUT2D eigenvalue weighted by Gasteiger charge is -2.29. The average molecular weight is 743 g/mol. The minimum Gasteiger partial charge on any atom is -0.170 e. The van der Waals surface area contributed by atoms with E-state index < -0.39 is 17.8 Å². The number of alkyl halides is 6. The Balaban J connectivity index is -0.000000176. The van der Waals surface area contributed by atoms with Crippen molar-refractivity contribution in [2.24, 2.45) is 40.4 Å². The minimum atomic E-state index is -5.24. The summed E-state index contributed by atoms with van der Waals surface area (Å²) in [7, 11) is 0. The van der Waals surface area contributed by atoms with Gasteiger partial charge in [0.25, 0.3) is 0 Å². The summed E-state index contributed by atoms with van der Waals surface area (Å²) < 4.78 is 69.7. The van der Waals surface area contributed by atoms with Crippen molar-refractivity contribution in [1.29, 1.82) is 0 Å². The highest BCUT2D eigenvalue weighted by Crippen LogP contribution is 2.58. The second-order valence-electron chi connectivity index (χ2n) is 18.7. The molecule has 0 radical (unpaired) electrons. The van der Waals surface area contributed by atoms with Crippen LogP contribution in [0.1, 0.15) is 203 Å². The molecule has 0 heterocycles. The van der Waals surface area contributed by atoms with Crippen LogP contribution >= 0.6 is 0 Å². The summed E-state index contributed by atoms with van der Waals surface area (Å²) in [4.78, 5) is 0. The van der Waals surface area contributed by atoms with Crippen LogP contribution in [0.5, 0.6) is 0 Å². The third kappa shape index (κ3) is 24.7. The Hall–Kier alpha value is -1.20. The molecule has 6 heteroatoms. The maximum absolute atomic E-state index is 11.6. The van der Waals surface area contributed by atoms with Gasteiger partial charge in [-0.3, -0.25) is 0 Å². The molecule has 4 atom stereocenters. The summed E-state index contributed by atoms with van der Waals surface area (Å²) in [6.07, 6.45) is 0.295. The van der Waals surface area contributed by atoms with Crippen LogP contribution in [0.2, 0.25) is 0 Å². The second-order valence-corrected chi connectivity index (χ2v) is 18.7. The van der Waals surface area contributed by atoms with Crippen molar-refractivity contribution in [3.8, 4) is 0 Å². The lowest BCUT2D eigenvalue weighted by molar-refractivity contribution is -0.327. The Morgan fingerprint density at radius 1 is 0.588 bits per heavy atom. The van der Waals surface area contributed by atoms with Gasteiger partial charge in [-0.2, -0.15) is 26.3 Å². The molecule has 4 rings (SSSR count). The summed E-state index contributed by atoms with van der Waals surface area (Å²) >= 11 is 0. The van der Waals surface area contributed by atoms with Crippen molar-refractivity contribution in [2.75, 3.05) is 0 Å². The molecule has 0 aromatic heterocycles. The SMILES string of the molecule is C1CC2C3CCC(C3)C2C1.CC.CC.CC(C)(C(F)(F)F)C(F)(F)F.CC(C)(C)C.CC(C)(C)c1cccc(C(C)(C)C)c1.CC(C)C.CCC.[HH]. The van der Waals surface area contributed by atoms with Crippen molar-refractivity contribution < 1.29 is 27.8 Å². The lowest BCUT2D eigenvalue weighted by atomic mass is 9.81. The van der Waals surface area contributed by atoms with Gasteiger partial charge in [-0.1, -0.05) is 169 Å². The van der Waals surface area contributed by atoms with E-state index in [2.05, 4.69) is 128 Å². The average Bonchev–Trinajstić information content (AvgIpc) is 3.70. The Morgan fingerprint density at radius 2 is 0.843 bits per heavy atom. The Labute approximate surface area is 316 Å². The first-order chi connectivity index (χ1) is 22.8. The number of benzene rings is 1. The molecular weight excluding hydrogens is 654 g/mol. The van der Waals surface area contributed by atoms with E-state index in [4.69, 9.17) is 0 Å². The summed E-state index contributed by atoms with van der Waals surface area (Å²) in [6, 6.07) is 8.94. The number of halogens is 6. The molecule has 1 aromatic carbocycles. The summed E-state index contributed by atoms with van der Waals surface area (Å²) in [5.74, 6) is 5.63. The van der Waals surface area contributed by atoms with E-state index in [9.17, 15) is 26.3 Å². The maximum Gasteiger partial charge on any atom is 0.402 e. The van der Waals surface area contributed by atoms with Gasteiger partial charge in [-0.25, -0.2) is 0 Å². The van der Waals surface area contributed by atoms with Gasteiger partial charge in [0.05, 0.1) is 0 Å². The minimum absolute atomic E-state index is 0. The molecule has 4 unspecified atom stereocenters. The first-order valence-electron chi connectivity index (χ1n) is 20.1. The molecule has 1 aromatic rings. The molecule has 3 aliphatic carbocycles. The van der Waals surface area contributed by atoms with E-state index in [0.717, 1.165) is 5.92 Å². The normalized spacial score (nSPS) is 20.6. The van der Waals surface area contributed by atoms with Crippen LogP contribution in [-0.4, -0.2) is 12.4 Å². The van der Waals surface area contributed by atoms with E-state index in [-0.39, 0.29) is 26.1 Å². The predicted octanol–water partition coefficient (Wildman–Crippen LogP) is 17.7. The molecule has 0 aliphatic heterocycles. The fraction of sp³-hybridized carbons (Fsp3) is 0.867. The van der Waals surface area contributed by atoms with Crippen molar-refractivity contribution in [2.45, 2.75) is 214 Å². The quantitative estimate of drug-likeness (QED) is 0.232. The fourth-order valence-corrected chi connectivity index (χ4v) is 5.63. The molecule has 0 amide bonds. The topological polar surface area (TPSA) is 0 Å². The van der Waals surface area contributed by atoms with Gasteiger partial charge in [-0.05, 0) is 103 Å². The van der Waals surface area contributed by atoms with E-state index in [1.165, 1.54) is 41.2 Å². The third-order valence-corrected chi connectivity index (χ3v) is 8.36. The van der Waals surface area contributed by atoms with Crippen molar-refractivity contribution in [3.63, 3.8) is 0 Å². The molecule has 0 spiro atoms. The van der Waals surface area contributed by atoms with Gasteiger partial charge in [0.15, 0.2) is 5.41 Å². The van der Waals surface area contributed by atoms with Crippen molar-refractivity contribution in [3.05, 3.63) is 35.4 Å². The number of hydrogen-bond donors (Lipinski definition) is 0. The smallest absolute Gasteiger partial charge is 0.170 e. The molecule has 3 fully saturated rings. The van der Waals surface area contributed by atoms with Crippen LogP contribution in [0.4, 0.5) is 26.3 Å². The summed E-state index contributed by atoms with van der Waals surface area (Å²) in [5, 5.41) is 0. The molecular formula is C45H88F6. The Bertz CT molecular complexity index is 902. The van der Waals surface area contributed by atoms with Gasteiger partial charge in [-0.15, -0.1) is 0 Å². The van der Waals surface area contributed by atoms with Gasteiger partial charge < -0.3 is 0 Å². The standard InChI is InChI=1S/C14H22.C10H16.C5H6F6.C5H12.C4H10.C3H8.2C2H6.H2/c1-13(2,3)11-8-7-9-12(10-11)14(4,5)6;1-2-9-7-4-5-8(6-7)10(9)3-1;1-3(2,4(6,7)8)5(9,10)11;1-5(2,3)4;1-4(2)3;1-3-2;2*1-2;/h7-10H,1-6H3;7-10H,1-6H2;1-2H3;1-4H3;4H,1-3H3;3H2,1-2H3;2*1-2H3;1H. The lowest BCUT2D eigenvalue weighted by Crippen LogP contribution is -2.44. The third-order valence-electron chi connectivity index (χ3n) is 8.36.